The lowest BCUT2D eigenvalue weighted by atomic mass is 10.0. The van der Waals surface area contributed by atoms with E-state index in [1.54, 1.807) is 31.5 Å². The number of rotatable bonds is 8. The van der Waals surface area contributed by atoms with Crippen molar-refractivity contribution in [3.8, 4) is 29.1 Å². The number of aromatic nitrogens is 4. The Labute approximate surface area is 183 Å². The van der Waals surface area contributed by atoms with Crippen molar-refractivity contribution in [1.82, 2.24) is 20.2 Å². The average Bonchev–Trinajstić information content (AvgIpc) is 2.78. The van der Waals surface area contributed by atoms with Gasteiger partial charge in [0, 0.05) is 24.6 Å². The molecule has 0 amide bonds. The molecule has 0 unspecified atom stereocenters. The van der Waals surface area contributed by atoms with E-state index in [4.69, 9.17) is 15.2 Å². The highest BCUT2D eigenvalue weighted by atomic mass is 32.2. The van der Waals surface area contributed by atoms with E-state index in [1.165, 1.54) is 18.0 Å². The number of hydrogen-bond acceptors (Lipinski definition) is 10. The smallest absolute Gasteiger partial charge is 0.143 e. The van der Waals surface area contributed by atoms with Crippen LogP contribution in [0.25, 0.3) is 11.3 Å². The fourth-order valence-electron chi connectivity index (χ4n) is 2.81. The van der Waals surface area contributed by atoms with E-state index < -0.39 is 0 Å². The summed E-state index contributed by atoms with van der Waals surface area (Å²) in [6.07, 6.45) is 2.97. The third kappa shape index (κ3) is 5.25. The van der Waals surface area contributed by atoms with Crippen LogP contribution < -0.4 is 10.5 Å². The van der Waals surface area contributed by atoms with Gasteiger partial charge in [-0.1, -0.05) is 11.8 Å². The fraction of sp³-hybridized carbons (Fsp3) is 0.238. The van der Waals surface area contributed by atoms with Gasteiger partial charge < -0.3 is 15.2 Å². The molecule has 0 saturated carbocycles. The third-order valence-electron chi connectivity index (χ3n) is 4.13. The van der Waals surface area contributed by atoms with Crippen LogP contribution >= 0.6 is 11.8 Å². The number of nitrogen functional groups attached to an aromatic ring is 1. The summed E-state index contributed by atoms with van der Waals surface area (Å²) in [5, 5.41) is 27.8. The number of nitrogens with zero attached hydrogens (tertiary/aromatic N) is 6. The molecule has 0 saturated heterocycles. The molecular weight excluding hydrogens is 414 g/mol. The zero-order chi connectivity index (χ0) is 22.2. The Morgan fingerprint density at radius 2 is 2.00 bits per heavy atom. The molecule has 10 heteroatoms. The predicted octanol–water partition coefficient (Wildman–Crippen LogP) is 2.97. The Kier molecular flexibility index (Phi) is 7.33. The summed E-state index contributed by atoms with van der Waals surface area (Å²) in [5.74, 6) is 1.02. The van der Waals surface area contributed by atoms with Gasteiger partial charge in [-0.3, -0.25) is 4.98 Å². The van der Waals surface area contributed by atoms with Crippen LogP contribution in [0, 0.1) is 22.7 Å². The molecule has 0 radical (unpaired) electrons. The van der Waals surface area contributed by atoms with E-state index in [0.717, 1.165) is 5.69 Å². The van der Waals surface area contributed by atoms with Crippen LogP contribution in [-0.4, -0.2) is 40.0 Å². The lowest BCUT2D eigenvalue weighted by molar-refractivity contribution is 0.0918. The van der Waals surface area contributed by atoms with E-state index in [0.29, 0.717) is 34.4 Å². The summed E-state index contributed by atoms with van der Waals surface area (Å²) < 4.78 is 10.8. The summed E-state index contributed by atoms with van der Waals surface area (Å²) in [7, 11) is 1.60. The van der Waals surface area contributed by atoms with Crippen molar-refractivity contribution in [1.29, 1.82) is 10.5 Å². The normalized spacial score (nSPS) is 11.4. The Hall–Kier alpha value is -3.73. The number of methoxy groups -OCH3 is 1. The highest BCUT2D eigenvalue weighted by Crippen LogP contribution is 2.36. The molecule has 0 aliphatic carbocycles. The van der Waals surface area contributed by atoms with E-state index in [-0.39, 0.29) is 23.0 Å². The summed E-state index contributed by atoms with van der Waals surface area (Å²) in [6.45, 7) is 2.31. The van der Waals surface area contributed by atoms with E-state index >= 15 is 0 Å². The number of nitriles is 2. The van der Waals surface area contributed by atoms with Crippen LogP contribution in [0.3, 0.4) is 0 Å². The van der Waals surface area contributed by atoms with Crippen LogP contribution in [0.15, 0.2) is 41.7 Å². The van der Waals surface area contributed by atoms with Crippen molar-refractivity contribution in [2.45, 2.75) is 23.8 Å². The molecule has 156 valence electrons. The number of ether oxygens (including phenoxy) is 2. The Morgan fingerprint density at radius 1 is 1.19 bits per heavy atom. The monoisotopic (exact) mass is 433 g/mol. The molecule has 0 fully saturated rings. The summed E-state index contributed by atoms with van der Waals surface area (Å²) >= 11 is 1.29. The lowest BCUT2D eigenvalue weighted by Gasteiger charge is -2.15. The van der Waals surface area contributed by atoms with Crippen LogP contribution in [0.5, 0.6) is 5.75 Å². The quantitative estimate of drug-likeness (QED) is 0.526. The maximum Gasteiger partial charge on any atom is 0.143 e. The molecule has 3 rings (SSSR count). The highest BCUT2D eigenvalue weighted by molar-refractivity contribution is 7.98. The second kappa shape index (κ2) is 10.3. The zero-order valence-electron chi connectivity index (χ0n) is 16.9. The van der Waals surface area contributed by atoms with Crippen molar-refractivity contribution >= 4 is 17.6 Å². The van der Waals surface area contributed by atoms with Gasteiger partial charge in [0.2, 0.25) is 0 Å². The van der Waals surface area contributed by atoms with E-state index in [9.17, 15) is 10.5 Å². The van der Waals surface area contributed by atoms with Gasteiger partial charge in [0.15, 0.2) is 0 Å². The van der Waals surface area contributed by atoms with Gasteiger partial charge in [0.25, 0.3) is 0 Å². The van der Waals surface area contributed by atoms with Crippen molar-refractivity contribution in [3.63, 3.8) is 0 Å². The Morgan fingerprint density at radius 3 is 2.61 bits per heavy atom. The van der Waals surface area contributed by atoms with Gasteiger partial charge in [-0.05, 0) is 31.2 Å². The predicted molar refractivity (Wildman–Crippen MR) is 115 cm³/mol. The SMILES string of the molecule is COC[C@@H](C)Oc1ccc(-c2c(C#N)c(N)nc(SCc3cccnn3)c2C#N)nc1. The number of anilines is 1. The third-order valence-corrected chi connectivity index (χ3v) is 5.14. The molecular formula is C21H19N7O2S. The van der Waals surface area contributed by atoms with Crippen molar-refractivity contribution < 1.29 is 9.47 Å². The first-order valence-electron chi connectivity index (χ1n) is 9.22. The maximum atomic E-state index is 9.85. The van der Waals surface area contributed by atoms with Crippen molar-refractivity contribution in [2.24, 2.45) is 0 Å². The van der Waals surface area contributed by atoms with Crippen molar-refractivity contribution in [2.75, 3.05) is 19.5 Å². The largest absolute Gasteiger partial charge is 0.487 e. The molecule has 1 atom stereocenters. The van der Waals surface area contributed by atoms with Gasteiger partial charge in [0.1, 0.15) is 40.4 Å². The molecule has 3 aromatic rings. The Balaban J connectivity index is 1.97. The molecule has 3 aromatic heterocycles. The second-order valence-electron chi connectivity index (χ2n) is 6.42. The van der Waals surface area contributed by atoms with E-state index in [1.807, 2.05) is 19.1 Å². The minimum atomic E-state index is -0.150. The molecule has 0 bridgehead atoms. The number of nitrogens with two attached hydrogens (primary N) is 1. The summed E-state index contributed by atoms with van der Waals surface area (Å²) in [5.41, 5.74) is 7.88. The molecule has 31 heavy (non-hydrogen) atoms. The maximum absolute atomic E-state index is 9.85. The average molecular weight is 433 g/mol. The minimum Gasteiger partial charge on any atom is -0.487 e. The number of hydrogen-bond donors (Lipinski definition) is 1. The minimum absolute atomic E-state index is 0.0361. The van der Waals surface area contributed by atoms with Gasteiger partial charge >= 0.3 is 0 Å². The standard InChI is InChI=1S/C21H19N7O2S/c1-13(11-29-2)30-15-5-6-18(25-10-15)19-16(8-22)20(24)27-21(17(19)9-23)31-12-14-4-3-7-26-28-14/h3-7,10,13H,11-12H2,1-2H3,(H2,24,27)/t13-/m1/s1. The lowest BCUT2D eigenvalue weighted by Crippen LogP contribution is -2.18. The van der Waals surface area contributed by atoms with Crippen LogP contribution in [0.1, 0.15) is 23.7 Å². The fourth-order valence-corrected chi connectivity index (χ4v) is 3.70. The molecule has 0 spiro atoms. The van der Waals surface area contributed by atoms with Crippen LogP contribution in [0.4, 0.5) is 5.82 Å². The molecule has 2 N–H and O–H groups in total. The molecule has 0 aliphatic heterocycles. The topological polar surface area (TPSA) is 144 Å². The van der Waals surface area contributed by atoms with Crippen LogP contribution in [-0.2, 0) is 10.5 Å². The van der Waals surface area contributed by atoms with Crippen LogP contribution in [0.2, 0.25) is 0 Å². The molecule has 9 nitrogen and oxygen atoms in total. The first-order valence-corrected chi connectivity index (χ1v) is 10.2. The van der Waals surface area contributed by atoms with Gasteiger partial charge in [0.05, 0.1) is 29.8 Å². The number of pyridine rings is 2. The van der Waals surface area contributed by atoms with Crippen molar-refractivity contribution in [3.05, 3.63) is 53.5 Å². The summed E-state index contributed by atoms with van der Waals surface area (Å²) in [6, 6.07) is 11.2. The second-order valence-corrected chi connectivity index (χ2v) is 7.38. The first kappa shape index (κ1) is 22.0. The summed E-state index contributed by atoms with van der Waals surface area (Å²) in [4.78, 5) is 8.67. The molecule has 3 heterocycles. The van der Waals surface area contributed by atoms with Gasteiger partial charge in [-0.15, -0.1) is 0 Å². The molecule has 0 aliphatic rings. The Bertz CT molecular complexity index is 1130. The van der Waals surface area contributed by atoms with Gasteiger partial charge in [-0.2, -0.15) is 20.7 Å². The molecule has 0 aromatic carbocycles. The first-order chi connectivity index (χ1) is 15.1. The zero-order valence-corrected chi connectivity index (χ0v) is 17.8. The highest BCUT2D eigenvalue weighted by Gasteiger charge is 2.21. The van der Waals surface area contributed by atoms with Gasteiger partial charge in [-0.25, -0.2) is 4.98 Å². The number of thioether (sulfide) groups is 1. The van der Waals surface area contributed by atoms with E-state index in [2.05, 4.69) is 26.2 Å².